The highest BCUT2D eigenvalue weighted by atomic mass is 16.5. The Hall–Kier alpha value is -1.69. The molecule has 0 aliphatic carbocycles. The van der Waals surface area contributed by atoms with E-state index in [1.165, 1.54) is 0 Å². The van der Waals surface area contributed by atoms with Crippen LogP contribution < -0.4 is 5.32 Å². The van der Waals surface area contributed by atoms with Crippen LogP contribution in [0, 0.1) is 5.92 Å². The van der Waals surface area contributed by atoms with Crippen molar-refractivity contribution in [2.24, 2.45) is 5.92 Å². The molecule has 2 heterocycles. The van der Waals surface area contributed by atoms with E-state index in [0.29, 0.717) is 18.4 Å². The first-order chi connectivity index (χ1) is 10.1. The third-order valence-electron chi connectivity index (χ3n) is 3.70. The van der Waals surface area contributed by atoms with Crippen molar-refractivity contribution in [2.75, 3.05) is 0 Å². The molecule has 0 bridgehead atoms. The van der Waals surface area contributed by atoms with Crippen LogP contribution in [0.1, 0.15) is 51.9 Å². The zero-order valence-corrected chi connectivity index (χ0v) is 13.3. The average molecular weight is 291 g/mol. The van der Waals surface area contributed by atoms with Crippen LogP contribution in [-0.4, -0.2) is 26.0 Å². The van der Waals surface area contributed by atoms with Crippen molar-refractivity contribution < 1.29 is 4.52 Å². The van der Waals surface area contributed by atoms with Gasteiger partial charge in [-0.1, -0.05) is 19.0 Å². The van der Waals surface area contributed by atoms with Gasteiger partial charge in [0.1, 0.15) is 0 Å². The van der Waals surface area contributed by atoms with Crippen molar-refractivity contribution in [1.29, 1.82) is 0 Å². The quantitative estimate of drug-likeness (QED) is 0.809. The van der Waals surface area contributed by atoms with Crippen molar-refractivity contribution in [3.05, 3.63) is 30.2 Å². The van der Waals surface area contributed by atoms with E-state index in [1.807, 2.05) is 16.9 Å². The molecule has 2 atom stereocenters. The molecule has 2 aromatic heterocycles. The van der Waals surface area contributed by atoms with Crippen LogP contribution in [0.5, 0.6) is 0 Å². The van der Waals surface area contributed by atoms with Gasteiger partial charge in [0.15, 0.2) is 5.82 Å². The summed E-state index contributed by atoms with van der Waals surface area (Å²) in [6.45, 7) is 9.23. The largest absolute Gasteiger partial charge is 0.338 e. The monoisotopic (exact) mass is 291 g/mol. The molecule has 116 valence electrons. The van der Waals surface area contributed by atoms with E-state index in [1.54, 1.807) is 6.20 Å². The smallest absolute Gasteiger partial charge is 0.240 e. The van der Waals surface area contributed by atoms with Crippen molar-refractivity contribution >= 4 is 0 Å². The molecule has 21 heavy (non-hydrogen) atoms. The lowest BCUT2D eigenvalue weighted by Crippen LogP contribution is -2.33. The number of nitrogens with zero attached hydrogens (tertiary/aromatic N) is 4. The van der Waals surface area contributed by atoms with E-state index in [0.717, 1.165) is 18.7 Å². The first-order valence-corrected chi connectivity index (χ1v) is 7.60. The van der Waals surface area contributed by atoms with E-state index in [4.69, 9.17) is 4.52 Å². The second kappa shape index (κ2) is 7.36. The van der Waals surface area contributed by atoms with Crippen molar-refractivity contribution in [3.63, 3.8) is 0 Å². The van der Waals surface area contributed by atoms with Crippen LogP contribution in [-0.2, 0) is 13.0 Å². The van der Waals surface area contributed by atoms with Gasteiger partial charge in [-0.2, -0.15) is 10.1 Å². The van der Waals surface area contributed by atoms with Crippen LogP contribution in [0.15, 0.2) is 23.0 Å². The lowest BCUT2D eigenvalue weighted by atomic mass is 10.1. The maximum absolute atomic E-state index is 5.27. The molecular weight excluding hydrogens is 266 g/mol. The Labute approximate surface area is 125 Å². The minimum atomic E-state index is 0.260. The molecule has 0 unspecified atom stereocenters. The van der Waals surface area contributed by atoms with E-state index >= 15 is 0 Å². The van der Waals surface area contributed by atoms with Gasteiger partial charge in [0.05, 0.1) is 12.6 Å². The van der Waals surface area contributed by atoms with Gasteiger partial charge in [0.2, 0.25) is 5.89 Å². The summed E-state index contributed by atoms with van der Waals surface area (Å²) in [4.78, 5) is 4.41. The molecule has 0 fully saturated rings. The molecule has 2 rings (SSSR count). The van der Waals surface area contributed by atoms with Gasteiger partial charge in [-0.3, -0.25) is 4.68 Å². The fraction of sp³-hybridized carbons (Fsp3) is 0.667. The van der Waals surface area contributed by atoms with Gasteiger partial charge >= 0.3 is 0 Å². The van der Waals surface area contributed by atoms with Crippen LogP contribution in [0.25, 0.3) is 0 Å². The van der Waals surface area contributed by atoms with Gasteiger partial charge in [-0.15, -0.1) is 0 Å². The van der Waals surface area contributed by atoms with Gasteiger partial charge in [0, 0.05) is 24.9 Å². The van der Waals surface area contributed by atoms with Crippen LogP contribution in [0.4, 0.5) is 0 Å². The third kappa shape index (κ3) is 4.67. The first-order valence-electron chi connectivity index (χ1n) is 7.60. The van der Waals surface area contributed by atoms with Gasteiger partial charge < -0.3 is 9.84 Å². The predicted octanol–water partition coefficient (Wildman–Crippen LogP) is 2.59. The Morgan fingerprint density at radius 2 is 2.10 bits per heavy atom. The number of hydrogen-bond donors (Lipinski definition) is 1. The topological polar surface area (TPSA) is 68.8 Å². The lowest BCUT2D eigenvalue weighted by molar-refractivity contribution is 0.323. The summed E-state index contributed by atoms with van der Waals surface area (Å²) in [5, 5.41) is 11.7. The fourth-order valence-electron chi connectivity index (χ4n) is 2.05. The number of rotatable bonds is 8. The molecule has 0 amide bonds. The molecule has 0 saturated carbocycles. The van der Waals surface area contributed by atoms with Crippen molar-refractivity contribution in [1.82, 2.24) is 25.2 Å². The summed E-state index contributed by atoms with van der Waals surface area (Å²) in [7, 11) is 0. The van der Waals surface area contributed by atoms with E-state index < -0.39 is 0 Å². The number of hydrogen-bond acceptors (Lipinski definition) is 5. The molecule has 6 heteroatoms. The van der Waals surface area contributed by atoms with Gasteiger partial charge in [-0.25, -0.2) is 0 Å². The molecular formula is C15H25N5O. The molecule has 6 nitrogen and oxygen atoms in total. The summed E-state index contributed by atoms with van der Waals surface area (Å²) in [6, 6.07) is 2.46. The van der Waals surface area contributed by atoms with Crippen molar-refractivity contribution in [2.45, 2.75) is 59.2 Å². The zero-order valence-electron chi connectivity index (χ0n) is 13.3. The maximum Gasteiger partial charge on any atom is 0.240 e. The first kappa shape index (κ1) is 15.7. The molecule has 0 saturated heterocycles. The Balaban J connectivity index is 1.80. The summed E-state index contributed by atoms with van der Waals surface area (Å²) < 4.78 is 7.22. The summed E-state index contributed by atoms with van der Waals surface area (Å²) in [5.41, 5.74) is 0. The summed E-state index contributed by atoms with van der Waals surface area (Å²) in [5.74, 6) is 2.10. The standard InChI is InChI=1S/C15H25N5O/c1-11(2)6-7-14-18-15(21-19-14)10-16-12(3)13(4)20-9-5-8-17-20/h5,8-9,11-13,16H,6-7,10H2,1-4H3/t12-,13-/m0/s1. The highest BCUT2D eigenvalue weighted by Gasteiger charge is 2.15. The lowest BCUT2D eigenvalue weighted by Gasteiger charge is -2.20. The molecule has 0 aliphatic heterocycles. The highest BCUT2D eigenvalue weighted by Crippen LogP contribution is 2.10. The second-order valence-electron chi connectivity index (χ2n) is 5.93. The van der Waals surface area contributed by atoms with E-state index in [9.17, 15) is 0 Å². The summed E-state index contributed by atoms with van der Waals surface area (Å²) in [6.07, 6.45) is 5.72. The Kier molecular flexibility index (Phi) is 5.50. The van der Waals surface area contributed by atoms with Crippen LogP contribution in [0.3, 0.4) is 0 Å². The highest BCUT2D eigenvalue weighted by molar-refractivity contribution is 4.88. The zero-order chi connectivity index (χ0) is 15.2. The number of aryl methyl sites for hydroxylation is 1. The number of aromatic nitrogens is 4. The normalized spacial score (nSPS) is 14.5. The third-order valence-corrected chi connectivity index (χ3v) is 3.70. The molecule has 0 spiro atoms. The average Bonchev–Trinajstić information content (AvgIpc) is 3.13. The SMILES string of the molecule is CC(C)CCc1noc(CN[C@@H](C)[C@H](C)n2cccn2)n1. The Bertz CT molecular complexity index is 520. The van der Waals surface area contributed by atoms with E-state index in [2.05, 4.69) is 48.3 Å². The predicted molar refractivity (Wildman–Crippen MR) is 80.7 cm³/mol. The molecule has 0 radical (unpaired) electrons. The van der Waals surface area contributed by atoms with Gasteiger partial charge in [-0.05, 0) is 32.3 Å². The van der Waals surface area contributed by atoms with Crippen molar-refractivity contribution in [3.8, 4) is 0 Å². The maximum atomic E-state index is 5.27. The fourth-order valence-corrected chi connectivity index (χ4v) is 2.05. The Morgan fingerprint density at radius 1 is 1.29 bits per heavy atom. The molecule has 1 N–H and O–H groups in total. The minimum Gasteiger partial charge on any atom is -0.338 e. The molecule has 0 aromatic carbocycles. The molecule has 0 aliphatic rings. The van der Waals surface area contributed by atoms with Gasteiger partial charge in [0.25, 0.3) is 0 Å². The van der Waals surface area contributed by atoms with Crippen LogP contribution >= 0.6 is 0 Å². The van der Waals surface area contributed by atoms with Crippen LogP contribution in [0.2, 0.25) is 0 Å². The minimum absolute atomic E-state index is 0.260. The Morgan fingerprint density at radius 3 is 2.76 bits per heavy atom. The number of nitrogens with one attached hydrogen (secondary N) is 1. The second-order valence-corrected chi connectivity index (χ2v) is 5.93. The summed E-state index contributed by atoms with van der Waals surface area (Å²) >= 11 is 0. The molecule has 2 aromatic rings. The van der Waals surface area contributed by atoms with E-state index in [-0.39, 0.29) is 12.1 Å².